The summed E-state index contributed by atoms with van der Waals surface area (Å²) in [5.41, 5.74) is 1.82. The Balaban J connectivity index is 1.74. The first-order chi connectivity index (χ1) is 10.2. The summed E-state index contributed by atoms with van der Waals surface area (Å²) >= 11 is 0. The van der Waals surface area contributed by atoms with Crippen LogP contribution in [0.25, 0.3) is 11.4 Å². The van der Waals surface area contributed by atoms with Gasteiger partial charge >= 0.3 is 0 Å². The lowest BCUT2D eigenvalue weighted by molar-refractivity contribution is 0.101. The van der Waals surface area contributed by atoms with Crippen LogP contribution in [0.4, 0.5) is 0 Å². The molecule has 108 valence electrons. The summed E-state index contributed by atoms with van der Waals surface area (Å²) in [5, 5.41) is 0. The van der Waals surface area contributed by atoms with Gasteiger partial charge in [-0.05, 0) is 50.5 Å². The van der Waals surface area contributed by atoms with E-state index in [-0.39, 0.29) is 5.78 Å². The van der Waals surface area contributed by atoms with Crippen LogP contribution in [-0.4, -0.2) is 15.3 Å². The number of carbonyl (C=O) groups excluding carboxylic acids is 1. The Kier molecular flexibility index (Phi) is 2.95. The number of rotatable bonds is 5. The van der Waals surface area contributed by atoms with E-state index in [1.807, 2.05) is 24.4 Å². The van der Waals surface area contributed by atoms with Crippen molar-refractivity contribution < 1.29 is 4.79 Å². The SMILES string of the molecule is CC(=O)c1cccc(-c2nccn2C(C2CC2)C2CC2)c1. The van der Waals surface area contributed by atoms with E-state index in [1.165, 1.54) is 25.7 Å². The Morgan fingerprint density at radius 2 is 1.95 bits per heavy atom. The number of benzene rings is 1. The second-order valence-corrected chi connectivity index (χ2v) is 6.46. The number of carbonyl (C=O) groups is 1. The van der Waals surface area contributed by atoms with Crippen LogP contribution in [0.5, 0.6) is 0 Å². The van der Waals surface area contributed by atoms with Gasteiger partial charge in [0.15, 0.2) is 5.78 Å². The number of hydrogen-bond acceptors (Lipinski definition) is 2. The summed E-state index contributed by atoms with van der Waals surface area (Å²) in [6.07, 6.45) is 9.43. The molecule has 21 heavy (non-hydrogen) atoms. The average molecular weight is 280 g/mol. The molecule has 0 radical (unpaired) electrons. The molecule has 1 aromatic heterocycles. The number of ketones is 1. The molecule has 2 aromatic rings. The molecule has 3 heteroatoms. The minimum absolute atomic E-state index is 0.107. The molecule has 1 aromatic carbocycles. The quantitative estimate of drug-likeness (QED) is 0.772. The van der Waals surface area contributed by atoms with Crippen LogP contribution < -0.4 is 0 Å². The molecule has 0 spiro atoms. The predicted octanol–water partition coefficient (Wildman–Crippen LogP) is 4.11. The topological polar surface area (TPSA) is 34.9 Å². The second kappa shape index (κ2) is 4.83. The third-order valence-electron chi connectivity index (χ3n) is 4.73. The average Bonchev–Trinajstić information content (AvgIpc) is 3.40. The molecule has 2 fully saturated rings. The number of Topliss-reactive ketones (excluding diaryl/α,β-unsaturated/α-hetero) is 1. The van der Waals surface area contributed by atoms with Crippen molar-refractivity contribution in [2.45, 2.75) is 38.6 Å². The van der Waals surface area contributed by atoms with E-state index in [1.54, 1.807) is 6.92 Å². The first-order valence-corrected chi connectivity index (χ1v) is 7.88. The van der Waals surface area contributed by atoms with Crippen LogP contribution in [0, 0.1) is 11.8 Å². The summed E-state index contributed by atoms with van der Waals surface area (Å²) in [4.78, 5) is 16.2. The zero-order valence-corrected chi connectivity index (χ0v) is 12.3. The van der Waals surface area contributed by atoms with Gasteiger partial charge < -0.3 is 4.57 Å². The molecule has 1 heterocycles. The van der Waals surface area contributed by atoms with Crippen LogP contribution in [0.2, 0.25) is 0 Å². The lowest BCUT2D eigenvalue weighted by Crippen LogP contribution is -2.14. The largest absolute Gasteiger partial charge is 0.327 e. The summed E-state index contributed by atoms with van der Waals surface area (Å²) in [7, 11) is 0. The van der Waals surface area contributed by atoms with Gasteiger partial charge in [-0.15, -0.1) is 0 Å². The molecule has 0 atom stereocenters. The van der Waals surface area contributed by atoms with E-state index in [4.69, 9.17) is 0 Å². The van der Waals surface area contributed by atoms with E-state index < -0.39 is 0 Å². The maximum Gasteiger partial charge on any atom is 0.159 e. The van der Waals surface area contributed by atoms with Crippen LogP contribution in [0.15, 0.2) is 36.7 Å². The Bertz CT molecular complexity index is 668. The van der Waals surface area contributed by atoms with Crippen molar-refractivity contribution in [3.8, 4) is 11.4 Å². The molecule has 0 bridgehead atoms. The van der Waals surface area contributed by atoms with E-state index >= 15 is 0 Å². The number of hydrogen-bond donors (Lipinski definition) is 0. The zero-order valence-electron chi connectivity index (χ0n) is 12.3. The fraction of sp³-hybridized carbons (Fsp3) is 0.444. The molecule has 3 nitrogen and oxygen atoms in total. The molecule has 2 saturated carbocycles. The van der Waals surface area contributed by atoms with Crippen LogP contribution >= 0.6 is 0 Å². The highest BCUT2D eigenvalue weighted by molar-refractivity contribution is 5.95. The Morgan fingerprint density at radius 3 is 2.57 bits per heavy atom. The van der Waals surface area contributed by atoms with Crippen LogP contribution in [0.3, 0.4) is 0 Å². The fourth-order valence-electron chi connectivity index (χ4n) is 3.37. The summed E-state index contributed by atoms with van der Waals surface area (Å²) in [5.74, 6) is 2.79. The van der Waals surface area contributed by atoms with Crippen molar-refractivity contribution in [2.75, 3.05) is 0 Å². The van der Waals surface area contributed by atoms with Gasteiger partial charge in [0.1, 0.15) is 5.82 Å². The monoisotopic (exact) mass is 280 g/mol. The summed E-state index contributed by atoms with van der Waals surface area (Å²) in [6, 6.07) is 8.47. The zero-order chi connectivity index (χ0) is 14.4. The van der Waals surface area contributed by atoms with Gasteiger partial charge in [0, 0.05) is 29.6 Å². The van der Waals surface area contributed by atoms with Crippen molar-refractivity contribution in [3.05, 3.63) is 42.2 Å². The van der Waals surface area contributed by atoms with Gasteiger partial charge in [0.25, 0.3) is 0 Å². The van der Waals surface area contributed by atoms with E-state index in [0.29, 0.717) is 6.04 Å². The molecular weight excluding hydrogens is 260 g/mol. The molecule has 0 aliphatic heterocycles. The molecule has 0 amide bonds. The maximum absolute atomic E-state index is 11.6. The van der Waals surface area contributed by atoms with Gasteiger partial charge in [-0.25, -0.2) is 4.98 Å². The van der Waals surface area contributed by atoms with E-state index in [2.05, 4.69) is 21.8 Å². The van der Waals surface area contributed by atoms with Crippen molar-refractivity contribution in [1.82, 2.24) is 9.55 Å². The van der Waals surface area contributed by atoms with Crippen molar-refractivity contribution in [3.63, 3.8) is 0 Å². The molecule has 2 aliphatic rings. The molecular formula is C18H20N2O. The minimum atomic E-state index is 0.107. The first-order valence-electron chi connectivity index (χ1n) is 7.88. The number of imidazole rings is 1. The first kappa shape index (κ1) is 12.8. The van der Waals surface area contributed by atoms with E-state index in [0.717, 1.165) is 28.8 Å². The van der Waals surface area contributed by atoms with Gasteiger partial charge in [0.2, 0.25) is 0 Å². The van der Waals surface area contributed by atoms with Crippen LogP contribution in [-0.2, 0) is 0 Å². The highest BCUT2D eigenvalue weighted by Crippen LogP contribution is 2.52. The van der Waals surface area contributed by atoms with Gasteiger partial charge in [0.05, 0.1) is 0 Å². The van der Waals surface area contributed by atoms with Gasteiger partial charge in [-0.2, -0.15) is 0 Å². The lowest BCUT2D eigenvalue weighted by atomic mass is 10.0. The summed E-state index contributed by atoms with van der Waals surface area (Å²) in [6.45, 7) is 1.61. The highest BCUT2D eigenvalue weighted by Gasteiger charge is 2.43. The lowest BCUT2D eigenvalue weighted by Gasteiger charge is -2.20. The van der Waals surface area contributed by atoms with Crippen LogP contribution in [0.1, 0.15) is 49.0 Å². The molecule has 0 unspecified atom stereocenters. The normalized spacial score (nSPS) is 18.2. The molecule has 4 rings (SSSR count). The maximum atomic E-state index is 11.6. The molecule has 0 saturated heterocycles. The standard InChI is InChI=1S/C18H20N2O/c1-12(21)15-3-2-4-16(11-15)18-19-9-10-20(18)17(13-5-6-13)14-7-8-14/h2-4,9-11,13-14,17H,5-8H2,1H3. The third-order valence-corrected chi connectivity index (χ3v) is 4.73. The molecule has 0 N–H and O–H groups in total. The predicted molar refractivity (Wildman–Crippen MR) is 82.2 cm³/mol. The number of aromatic nitrogens is 2. The summed E-state index contributed by atoms with van der Waals surface area (Å²) < 4.78 is 2.37. The smallest absolute Gasteiger partial charge is 0.159 e. The second-order valence-electron chi connectivity index (χ2n) is 6.46. The number of nitrogens with zero attached hydrogens (tertiary/aromatic N) is 2. The van der Waals surface area contributed by atoms with Gasteiger partial charge in [-0.3, -0.25) is 4.79 Å². The third kappa shape index (κ3) is 2.41. The molecule has 2 aliphatic carbocycles. The van der Waals surface area contributed by atoms with Gasteiger partial charge in [-0.1, -0.05) is 18.2 Å². The Hall–Kier alpha value is -1.90. The minimum Gasteiger partial charge on any atom is -0.327 e. The van der Waals surface area contributed by atoms with Crippen molar-refractivity contribution in [1.29, 1.82) is 0 Å². The fourth-order valence-corrected chi connectivity index (χ4v) is 3.37. The Morgan fingerprint density at radius 1 is 1.24 bits per heavy atom. The Labute approximate surface area is 125 Å². The highest BCUT2D eigenvalue weighted by atomic mass is 16.1. The van der Waals surface area contributed by atoms with Crippen molar-refractivity contribution in [2.24, 2.45) is 11.8 Å². The van der Waals surface area contributed by atoms with Crippen molar-refractivity contribution >= 4 is 5.78 Å². The van der Waals surface area contributed by atoms with E-state index in [9.17, 15) is 4.79 Å².